The SMILES string of the molecule is O=C(Cn1cnc2scc(-c3ccc(F)cc3)c2c1=O)NC1CCSc2ccc(F)cc21. The van der Waals surface area contributed by atoms with E-state index in [0.717, 1.165) is 16.2 Å². The standard InChI is InChI=1S/C23H17F2N3O2S2/c24-14-3-1-13(2-4-14)17-11-32-22-21(17)23(30)28(12-26-22)10-20(29)27-18-7-8-31-19-6-5-15(25)9-16(18)19/h1-6,9,11-12,18H,7-8,10H2,(H,27,29). The van der Waals surface area contributed by atoms with Crippen LogP contribution in [0.3, 0.4) is 0 Å². The lowest BCUT2D eigenvalue weighted by Gasteiger charge is -2.26. The van der Waals surface area contributed by atoms with Gasteiger partial charge >= 0.3 is 0 Å². The number of carbonyl (C=O) groups is 1. The van der Waals surface area contributed by atoms with E-state index in [1.807, 2.05) is 5.38 Å². The molecule has 4 aromatic rings. The first-order chi connectivity index (χ1) is 15.5. The first-order valence-electron chi connectivity index (χ1n) is 9.94. The van der Waals surface area contributed by atoms with Crippen LogP contribution in [0.25, 0.3) is 21.3 Å². The number of hydrogen-bond acceptors (Lipinski definition) is 5. The molecule has 0 saturated carbocycles. The highest BCUT2D eigenvalue weighted by molar-refractivity contribution is 7.99. The van der Waals surface area contributed by atoms with Crippen LogP contribution in [0, 0.1) is 11.6 Å². The quantitative estimate of drug-likeness (QED) is 0.468. The number of nitrogens with zero attached hydrogens (tertiary/aromatic N) is 2. The number of nitrogens with one attached hydrogen (secondary N) is 1. The molecule has 0 fully saturated rings. The molecule has 0 saturated heterocycles. The highest BCUT2D eigenvalue weighted by Gasteiger charge is 2.23. The second-order valence-corrected chi connectivity index (χ2v) is 9.45. The van der Waals surface area contributed by atoms with Crippen molar-refractivity contribution in [2.24, 2.45) is 0 Å². The van der Waals surface area contributed by atoms with Crippen LogP contribution in [0.15, 0.2) is 63.9 Å². The van der Waals surface area contributed by atoms with Gasteiger partial charge in [0, 0.05) is 21.6 Å². The third-order valence-electron chi connectivity index (χ3n) is 5.38. The topological polar surface area (TPSA) is 64.0 Å². The van der Waals surface area contributed by atoms with Gasteiger partial charge in [-0.25, -0.2) is 13.8 Å². The molecule has 0 radical (unpaired) electrons. The number of amides is 1. The molecule has 0 spiro atoms. The van der Waals surface area contributed by atoms with Crippen molar-refractivity contribution in [3.8, 4) is 11.1 Å². The van der Waals surface area contributed by atoms with E-state index in [-0.39, 0.29) is 35.7 Å². The third kappa shape index (κ3) is 3.93. The summed E-state index contributed by atoms with van der Waals surface area (Å²) in [6, 6.07) is 10.2. The Kier molecular flexibility index (Phi) is 5.52. The largest absolute Gasteiger partial charge is 0.348 e. The normalized spacial score (nSPS) is 15.5. The molecule has 162 valence electrons. The van der Waals surface area contributed by atoms with Gasteiger partial charge in [-0.2, -0.15) is 0 Å². The molecule has 1 N–H and O–H groups in total. The summed E-state index contributed by atoms with van der Waals surface area (Å²) >= 11 is 2.95. The molecule has 1 atom stereocenters. The monoisotopic (exact) mass is 469 g/mol. The molecule has 2 aromatic carbocycles. The van der Waals surface area contributed by atoms with Gasteiger partial charge in [-0.3, -0.25) is 14.2 Å². The lowest BCUT2D eigenvalue weighted by atomic mass is 10.0. The molecule has 5 nitrogen and oxygen atoms in total. The average molecular weight is 470 g/mol. The van der Waals surface area contributed by atoms with Gasteiger partial charge in [0.05, 0.1) is 17.8 Å². The number of thiophene rings is 1. The Hall–Kier alpha value is -3.04. The number of benzene rings is 2. The van der Waals surface area contributed by atoms with Crippen LogP contribution in [0.1, 0.15) is 18.0 Å². The number of thioether (sulfide) groups is 1. The zero-order valence-corrected chi connectivity index (χ0v) is 18.3. The molecule has 9 heteroatoms. The second-order valence-electron chi connectivity index (χ2n) is 7.45. The summed E-state index contributed by atoms with van der Waals surface area (Å²) in [6.07, 6.45) is 2.04. The van der Waals surface area contributed by atoms with Crippen LogP contribution in [0.4, 0.5) is 8.78 Å². The van der Waals surface area contributed by atoms with Crippen molar-refractivity contribution in [1.29, 1.82) is 0 Å². The maximum absolute atomic E-state index is 13.7. The van der Waals surface area contributed by atoms with Gasteiger partial charge in [0.1, 0.15) is 23.0 Å². The van der Waals surface area contributed by atoms with Crippen molar-refractivity contribution in [2.75, 3.05) is 5.75 Å². The Labute approximate surface area is 190 Å². The summed E-state index contributed by atoms with van der Waals surface area (Å²) in [5.41, 5.74) is 1.78. The van der Waals surface area contributed by atoms with Gasteiger partial charge in [0.15, 0.2) is 0 Å². The number of aromatic nitrogens is 2. The first-order valence-corrected chi connectivity index (χ1v) is 11.8. The van der Waals surface area contributed by atoms with Gasteiger partial charge in [-0.05, 0) is 47.9 Å². The van der Waals surface area contributed by atoms with E-state index in [4.69, 9.17) is 0 Å². The van der Waals surface area contributed by atoms with Gasteiger partial charge in [0.25, 0.3) is 5.56 Å². The smallest absolute Gasteiger partial charge is 0.263 e. The van der Waals surface area contributed by atoms with Gasteiger partial charge < -0.3 is 5.32 Å². The highest BCUT2D eigenvalue weighted by Crippen LogP contribution is 2.36. The van der Waals surface area contributed by atoms with Crippen LogP contribution in [0.2, 0.25) is 0 Å². The molecule has 2 aromatic heterocycles. The van der Waals surface area contributed by atoms with E-state index in [9.17, 15) is 18.4 Å². The Bertz CT molecular complexity index is 1380. The maximum atomic E-state index is 13.7. The molecular formula is C23H17F2N3O2S2. The fourth-order valence-electron chi connectivity index (χ4n) is 3.83. The van der Waals surface area contributed by atoms with Crippen molar-refractivity contribution in [3.63, 3.8) is 0 Å². The summed E-state index contributed by atoms with van der Waals surface area (Å²) in [7, 11) is 0. The molecule has 3 heterocycles. The van der Waals surface area contributed by atoms with E-state index in [1.54, 1.807) is 30.0 Å². The fourth-order valence-corrected chi connectivity index (χ4v) is 5.84. The Balaban J connectivity index is 1.41. The van der Waals surface area contributed by atoms with Gasteiger partial charge in [0.2, 0.25) is 5.91 Å². The van der Waals surface area contributed by atoms with Crippen LogP contribution >= 0.6 is 23.1 Å². The Morgan fingerprint density at radius 3 is 2.75 bits per heavy atom. The molecular weight excluding hydrogens is 452 g/mol. The molecule has 1 amide bonds. The number of fused-ring (bicyclic) bond motifs is 2. The minimum Gasteiger partial charge on any atom is -0.348 e. The van der Waals surface area contributed by atoms with Crippen molar-refractivity contribution >= 4 is 39.2 Å². The van der Waals surface area contributed by atoms with Crippen LogP contribution in [0.5, 0.6) is 0 Å². The van der Waals surface area contributed by atoms with Crippen LogP contribution in [-0.2, 0) is 11.3 Å². The minimum absolute atomic E-state index is 0.200. The maximum Gasteiger partial charge on any atom is 0.263 e. The van der Waals surface area contributed by atoms with Gasteiger partial charge in [-0.1, -0.05) is 12.1 Å². The molecule has 5 rings (SSSR count). The van der Waals surface area contributed by atoms with Crippen molar-refractivity contribution < 1.29 is 13.6 Å². The Morgan fingerprint density at radius 2 is 1.94 bits per heavy atom. The molecule has 0 bridgehead atoms. The number of hydrogen-bond donors (Lipinski definition) is 1. The predicted octanol–water partition coefficient (Wildman–Crippen LogP) is 4.76. The lowest BCUT2D eigenvalue weighted by molar-refractivity contribution is -0.122. The van der Waals surface area contributed by atoms with E-state index in [1.165, 1.54) is 46.5 Å². The molecule has 0 aliphatic carbocycles. The van der Waals surface area contributed by atoms with Crippen LogP contribution < -0.4 is 10.9 Å². The Morgan fingerprint density at radius 1 is 1.16 bits per heavy atom. The first kappa shape index (κ1) is 20.8. The van der Waals surface area contributed by atoms with Crippen molar-refractivity contribution in [3.05, 3.63) is 81.7 Å². The lowest BCUT2D eigenvalue weighted by Crippen LogP contribution is -2.36. The second kappa shape index (κ2) is 8.48. The summed E-state index contributed by atoms with van der Waals surface area (Å²) in [4.78, 5) is 31.7. The van der Waals surface area contributed by atoms with E-state index in [0.29, 0.717) is 27.8 Å². The average Bonchev–Trinajstić information content (AvgIpc) is 3.21. The number of carbonyl (C=O) groups excluding carboxylic acids is 1. The minimum atomic E-state index is -0.358. The summed E-state index contributed by atoms with van der Waals surface area (Å²) in [6.45, 7) is -0.200. The third-order valence-corrected chi connectivity index (χ3v) is 7.39. The van der Waals surface area contributed by atoms with E-state index in [2.05, 4.69) is 10.3 Å². The van der Waals surface area contributed by atoms with Crippen LogP contribution in [-0.4, -0.2) is 21.2 Å². The van der Waals surface area contributed by atoms with Crippen molar-refractivity contribution in [2.45, 2.75) is 23.9 Å². The molecule has 1 unspecified atom stereocenters. The molecule has 32 heavy (non-hydrogen) atoms. The van der Waals surface area contributed by atoms with E-state index >= 15 is 0 Å². The summed E-state index contributed by atoms with van der Waals surface area (Å²) in [5.74, 6) is -0.239. The number of halogens is 2. The zero-order valence-electron chi connectivity index (χ0n) is 16.7. The van der Waals surface area contributed by atoms with Crippen molar-refractivity contribution in [1.82, 2.24) is 14.9 Å². The highest BCUT2D eigenvalue weighted by atomic mass is 32.2. The summed E-state index contributed by atoms with van der Waals surface area (Å²) < 4.78 is 28.3. The number of rotatable bonds is 4. The molecule has 1 aliphatic heterocycles. The summed E-state index contributed by atoms with van der Waals surface area (Å²) in [5, 5.41) is 5.14. The molecule has 1 aliphatic rings. The fraction of sp³-hybridized carbons (Fsp3) is 0.174. The predicted molar refractivity (Wildman–Crippen MR) is 122 cm³/mol. The zero-order chi connectivity index (χ0) is 22.2. The van der Waals surface area contributed by atoms with E-state index < -0.39 is 0 Å². The van der Waals surface area contributed by atoms with Gasteiger partial charge in [-0.15, -0.1) is 23.1 Å².